The van der Waals surface area contributed by atoms with Crippen LogP contribution in [0.5, 0.6) is 11.5 Å². The maximum Gasteiger partial charge on any atom is 0.227 e. The standard InChI is InChI=1S/C18H26N2O3/c1-22-16-7-4-14(12-17(16)23-2)13-18(21)20-9-3-8-19(10-11-20)15-5-6-15/h4,7,12,15H,3,5-6,8-11,13H2,1-2H3. The van der Waals surface area contributed by atoms with Crippen molar-refractivity contribution in [2.45, 2.75) is 31.7 Å². The Morgan fingerprint density at radius 3 is 2.57 bits per heavy atom. The van der Waals surface area contributed by atoms with Crippen molar-refractivity contribution in [3.63, 3.8) is 0 Å². The van der Waals surface area contributed by atoms with E-state index in [1.807, 2.05) is 23.1 Å². The minimum absolute atomic E-state index is 0.204. The number of carbonyl (C=O) groups is 1. The first-order chi connectivity index (χ1) is 11.2. The molecular formula is C18H26N2O3. The van der Waals surface area contributed by atoms with Crippen LogP contribution in [0.15, 0.2) is 18.2 Å². The predicted octanol–water partition coefficient (Wildman–Crippen LogP) is 1.94. The Hall–Kier alpha value is -1.75. The van der Waals surface area contributed by atoms with Gasteiger partial charge >= 0.3 is 0 Å². The van der Waals surface area contributed by atoms with Crippen LogP contribution < -0.4 is 9.47 Å². The van der Waals surface area contributed by atoms with E-state index in [9.17, 15) is 4.79 Å². The summed E-state index contributed by atoms with van der Waals surface area (Å²) in [6, 6.07) is 6.48. The predicted molar refractivity (Wildman–Crippen MR) is 89.0 cm³/mol. The van der Waals surface area contributed by atoms with E-state index in [0.29, 0.717) is 17.9 Å². The number of carbonyl (C=O) groups excluding carboxylic acids is 1. The maximum absolute atomic E-state index is 12.6. The van der Waals surface area contributed by atoms with Gasteiger partial charge in [0.1, 0.15) is 0 Å². The van der Waals surface area contributed by atoms with E-state index in [1.54, 1.807) is 14.2 Å². The molecule has 1 aliphatic carbocycles. The average molecular weight is 318 g/mol. The van der Waals surface area contributed by atoms with Crippen molar-refractivity contribution < 1.29 is 14.3 Å². The molecule has 1 aromatic carbocycles. The van der Waals surface area contributed by atoms with Gasteiger partial charge in [0.05, 0.1) is 20.6 Å². The minimum atomic E-state index is 0.204. The van der Waals surface area contributed by atoms with Crippen molar-refractivity contribution >= 4 is 5.91 Å². The van der Waals surface area contributed by atoms with Crippen molar-refractivity contribution in [1.29, 1.82) is 0 Å². The number of nitrogens with zero attached hydrogens (tertiary/aromatic N) is 2. The van der Waals surface area contributed by atoms with Crippen molar-refractivity contribution in [2.24, 2.45) is 0 Å². The molecule has 0 N–H and O–H groups in total. The quantitative estimate of drug-likeness (QED) is 0.832. The Balaban J connectivity index is 1.59. The Morgan fingerprint density at radius 2 is 1.87 bits per heavy atom. The van der Waals surface area contributed by atoms with Crippen LogP contribution >= 0.6 is 0 Å². The summed E-state index contributed by atoms with van der Waals surface area (Å²) in [5.74, 6) is 1.57. The van der Waals surface area contributed by atoms with Gasteiger partial charge in [0.25, 0.3) is 0 Å². The van der Waals surface area contributed by atoms with Crippen LogP contribution in [-0.2, 0) is 11.2 Å². The fraction of sp³-hybridized carbons (Fsp3) is 0.611. The number of methoxy groups -OCH3 is 2. The third-order valence-electron chi connectivity index (χ3n) is 4.75. The summed E-state index contributed by atoms with van der Waals surface area (Å²) in [5, 5.41) is 0. The molecular weight excluding hydrogens is 292 g/mol. The third kappa shape index (κ3) is 3.96. The lowest BCUT2D eigenvalue weighted by Gasteiger charge is -2.22. The van der Waals surface area contributed by atoms with Crippen LogP contribution in [0, 0.1) is 0 Å². The van der Waals surface area contributed by atoms with Gasteiger partial charge in [-0.1, -0.05) is 6.07 Å². The number of amides is 1. The molecule has 3 rings (SSSR count). The monoisotopic (exact) mass is 318 g/mol. The van der Waals surface area contributed by atoms with Crippen LogP contribution in [0.2, 0.25) is 0 Å². The molecule has 5 nitrogen and oxygen atoms in total. The van der Waals surface area contributed by atoms with Crippen molar-refractivity contribution in [2.75, 3.05) is 40.4 Å². The molecule has 23 heavy (non-hydrogen) atoms. The third-order valence-corrected chi connectivity index (χ3v) is 4.75. The van der Waals surface area contributed by atoms with E-state index in [1.165, 1.54) is 12.8 Å². The van der Waals surface area contributed by atoms with Gasteiger partial charge in [-0.05, 0) is 37.0 Å². The van der Waals surface area contributed by atoms with E-state index in [0.717, 1.165) is 44.2 Å². The first-order valence-electron chi connectivity index (χ1n) is 8.44. The molecule has 1 saturated heterocycles. The lowest BCUT2D eigenvalue weighted by atomic mass is 10.1. The number of ether oxygens (including phenoxy) is 2. The molecule has 1 amide bonds. The van der Waals surface area contributed by atoms with E-state index in [2.05, 4.69) is 4.90 Å². The van der Waals surface area contributed by atoms with Crippen LogP contribution in [0.3, 0.4) is 0 Å². The fourth-order valence-corrected chi connectivity index (χ4v) is 3.27. The van der Waals surface area contributed by atoms with Gasteiger partial charge in [-0.3, -0.25) is 9.69 Å². The molecule has 1 heterocycles. The highest BCUT2D eigenvalue weighted by molar-refractivity contribution is 5.79. The van der Waals surface area contributed by atoms with Gasteiger partial charge in [0.15, 0.2) is 11.5 Å². The molecule has 2 fully saturated rings. The van der Waals surface area contributed by atoms with Crippen molar-refractivity contribution in [1.82, 2.24) is 9.80 Å². The summed E-state index contributed by atoms with van der Waals surface area (Å²) in [7, 11) is 3.23. The lowest BCUT2D eigenvalue weighted by molar-refractivity contribution is -0.130. The van der Waals surface area contributed by atoms with Crippen LogP contribution in [-0.4, -0.2) is 62.1 Å². The van der Waals surface area contributed by atoms with Crippen LogP contribution in [0.25, 0.3) is 0 Å². The number of rotatable bonds is 5. The first-order valence-corrected chi connectivity index (χ1v) is 8.44. The largest absolute Gasteiger partial charge is 0.493 e. The normalized spacial score (nSPS) is 19.3. The number of hydrogen-bond acceptors (Lipinski definition) is 4. The first kappa shape index (κ1) is 16.1. The zero-order valence-electron chi connectivity index (χ0n) is 14.1. The van der Waals surface area contributed by atoms with Crippen LogP contribution in [0.1, 0.15) is 24.8 Å². The zero-order valence-corrected chi connectivity index (χ0v) is 14.1. The maximum atomic E-state index is 12.6. The summed E-state index contributed by atoms with van der Waals surface area (Å²) in [6.07, 6.45) is 4.16. The second-order valence-corrected chi connectivity index (χ2v) is 6.37. The van der Waals surface area contributed by atoms with E-state index in [-0.39, 0.29) is 5.91 Å². The highest BCUT2D eigenvalue weighted by Crippen LogP contribution is 2.29. The second-order valence-electron chi connectivity index (χ2n) is 6.37. The van der Waals surface area contributed by atoms with E-state index >= 15 is 0 Å². The average Bonchev–Trinajstić information content (AvgIpc) is 3.40. The molecule has 1 saturated carbocycles. The Bertz CT molecular complexity index is 557. The Kier molecular flexibility index (Phi) is 5.06. The zero-order chi connectivity index (χ0) is 16.2. The van der Waals surface area contributed by atoms with Gasteiger partial charge in [-0.2, -0.15) is 0 Å². The molecule has 0 bridgehead atoms. The SMILES string of the molecule is COc1ccc(CC(=O)N2CCCN(C3CC3)CC2)cc1OC. The van der Waals surface area contributed by atoms with Crippen molar-refractivity contribution in [3.8, 4) is 11.5 Å². The fourth-order valence-electron chi connectivity index (χ4n) is 3.27. The smallest absolute Gasteiger partial charge is 0.227 e. The summed E-state index contributed by atoms with van der Waals surface area (Å²) in [5.41, 5.74) is 0.968. The minimum Gasteiger partial charge on any atom is -0.493 e. The van der Waals surface area contributed by atoms with Gasteiger partial charge in [0.2, 0.25) is 5.91 Å². The molecule has 0 unspecified atom stereocenters. The van der Waals surface area contributed by atoms with Crippen LogP contribution in [0.4, 0.5) is 0 Å². The second kappa shape index (κ2) is 7.21. The Morgan fingerprint density at radius 1 is 1.09 bits per heavy atom. The Labute approximate surface area is 138 Å². The lowest BCUT2D eigenvalue weighted by Crippen LogP contribution is -2.36. The molecule has 0 aromatic heterocycles. The highest BCUT2D eigenvalue weighted by Gasteiger charge is 2.30. The molecule has 126 valence electrons. The molecule has 2 aliphatic rings. The van der Waals surface area contributed by atoms with E-state index in [4.69, 9.17) is 9.47 Å². The van der Waals surface area contributed by atoms with Gasteiger partial charge in [-0.25, -0.2) is 0 Å². The number of hydrogen-bond donors (Lipinski definition) is 0. The molecule has 0 atom stereocenters. The van der Waals surface area contributed by atoms with Gasteiger partial charge in [0, 0.05) is 32.2 Å². The van der Waals surface area contributed by atoms with E-state index < -0.39 is 0 Å². The summed E-state index contributed by atoms with van der Waals surface area (Å²) >= 11 is 0. The molecule has 0 radical (unpaired) electrons. The number of benzene rings is 1. The summed E-state index contributed by atoms with van der Waals surface area (Å²) < 4.78 is 10.6. The molecule has 5 heteroatoms. The summed E-state index contributed by atoms with van der Waals surface area (Å²) in [6.45, 7) is 3.87. The van der Waals surface area contributed by atoms with Crippen molar-refractivity contribution in [3.05, 3.63) is 23.8 Å². The molecule has 1 aliphatic heterocycles. The highest BCUT2D eigenvalue weighted by atomic mass is 16.5. The molecule has 1 aromatic rings. The van der Waals surface area contributed by atoms with Gasteiger partial charge in [-0.15, -0.1) is 0 Å². The van der Waals surface area contributed by atoms with Gasteiger partial charge < -0.3 is 14.4 Å². The molecule has 0 spiro atoms. The summed E-state index contributed by atoms with van der Waals surface area (Å²) in [4.78, 5) is 17.2. The topological polar surface area (TPSA) is 42.0 Å².